The number of likely N-dealkylation sites (N-methyl/N-ethyl adjacent to an activating group) is 1. The van der Waals surface area contributed by atoms with Gasteiger partial charge in [0, 0.05) is 25.9 Å². The second-order valence-electron chi connectivity index (χ2n) is 4.10. The minimum absolute atomic E-state index is 0.132. The van der Waals surface area contributed by atoms with Crippen LogP contribution >= 0.6 is 0 Å². The molecule has 88 valence electrons. The molecule has 0 unspecified atom stereocenters. The maximum Gasteiger partial charge on any atom is 0.258 e. The number of hydrogen-bond donors (Lipinski definition) is 1. The average Bonchev–Trinajstić information content (AvgIpc) is 2.27. The maximum absolute atomic E-state index is 12.0. The second-order valence-corrected chi connectivity index (χ2v) is 4.10. The third kappa shape index (κ3) is 2.52. The molecule has 1 N–H and O–H groups in total. The van der Waals surface area contributed by atoms with E-state index in [-0.39, 0.29) is 11.7 Å². The summed E-state index contributed by atoms with van der Waals surface area (Å²) in [5.41, 5.74) is -0.240. The molecular formula is C12H17NO3. The summed E-state index contributed by atoms with van der Waals surface area (Å²) >= 11 is 0. The van der Waals surface area contributed by atoms with E-state index >= 15 is 0 Å². The normalized spacial score (nSPS) is 11.2. The van der Waals surface area contributed by atoms with Gasteiger partial charge in [0.15, 0.2) is 0 Å². The lowest BCUT2D eigenvalue weighted by atomic mass is 10.1. The van der Waals surface area contributed by atoms with Gasteiger partial charge < -0.3 is 14.7 Å². The van der Waals surface area contributed by atoms with Gasteiger partial charge in [0.05, 0.1) is 0 Å². The van der Waals surface area contributed by atoms with E-state index in [1.165, 1.54) is 18.1 Å². The van der Waals surface area contributed by atoms with Crippen LogP contribution < -0.4 is 4.90 Å². The highest BCUT2D eigenvalue weighted by Crippen LogP contribution is 2.22. The zero-order chi connectivity index (χ0) is 12.3. The van der Waals surface area contributed by atoms with E-state index in [0.717, 1.165) is 0 Å². The average molecular weight is 223 g/mol. The van der Waals surface area contributed by atoms with Gasteiger partial charge >= 0.3 is 0 Å². The fourth-order valence-electron chi connectivity index (χ4n) is 1.31. The lowest BCUT2D eigenvalue weighted by molar-refractivity contribution is -0.136. The van der Waals surface area contributed by atoms with Crippen LogP contribution in [-0.4, -0.2) is 30.8 Å². The predicted octanol–water partition coefficient (Wildman–Crippen LogP) is 1.78. The topological polar surface area (TPSA) is 49.8 Å². The van der Waals surface area contributed by atoms with Crippen LogP contribution in [-0.2, 0) is 9.53 Å². The first-order chi connectivity index (χ1) is 7.38. The van der Waals surface area contributed by atoms with Crippen LogP contribution in [0.15, 0.2) is 24.3 Å². The fraction of sp³-hybridized carbons (Fsp3) is 0.417. The number of amides is 1. The number of anilines is 1. The number of nitrogens with zero attached hydrogens (tertiary/aromatic N) is 1. The number of ether oxygens (including phenoxy) is 1. The summed E-state index contributed by atoms with van der Waals surface area (Å²) in [6.07, 6.45) is 0. The molecule has 0 heterocycles. The van der Waals surface area contributed by atoms with Gasteiger partial charge in [0.2, 0.25) is 0 Å². The van der Waals surface area contributed by atoms with Gasteiger partial charge in [-0.1, -0.05) is 6.07 Å². The Balaban J connectivity index is 2.95. The van der Waals surface area contributed by atoms with Crippen molar-refractivity contribution in [3.8, 4) is 5.75 Å². The van der Waals surface area contributed by atoms with Crippen LogP contribution in [0.4, 0.5) is 5.69 Å². The van der Waals surface area contributed by atoms with Gasteiger partial charge in [0.1, 0.15) is 11.4 Å². The Morgan fingerprint density at radius 1 is 1.44 bits per heavy atom. The fourth-order valence-corrected chi connectivity index (χ4v) is 1.31. The predicted molar refractivity (Wildman–Crippen MR) is 62.6 cm³/mol. The highest BCUT2D eigenvalue weighted by atomic mass is 16.5. The summed E-state index contributed by atoms with van der Waals surface area (Å²) < 4.78 is 5.12. The Morgan fingerprint density at radius 2 is 2.06 bits per heavy atom. The first kappa shape index (κ1) is 12.5. The van der Waals surface area contributed by atoms with Crippen molar-refractivity contribution in [2.45, 2.75) is 19.4 Å². The van der Waals surface area contributed by atoms with Crippen LogP contribution in [0.25, 0.3) is 0 Å². The Labute approximate surface area is 95.5 Å². The number of carbonyl (C=O) groups is 1. The molecule has 16 heavy (non-hydrogen) atoms. The standard InChI is InChI=1S/C12H17NO3/c1-12(2,16-4)11(15)13(3)9-6-5-7-10(14)8-9/h5-8,14H,1-4H3. The van der Waals surface area contributed by atoms with E-state index in [9.17, 15) is 9.90 Å². The molecule has 1 amide bonds. The molecule has 4 heteroatoms. The van der Waals surface area contributed by atoms with Crippen LogP contribution in [0.2, 0.25) is 0 Å². The summed E-state index contributed by atoms with van der Waals surface area (Å²) in [5, 5.41) is 9.33. The molecule has 0 aliphatic heterocycles. The van der Waals surface area contributed by atoms with Crippen molar-refractivity contribution in [3.63, 3.8) is 0 Å². The highest BCUT2D eigenvalue weighted by molar-refractivity contribution is 5.98. The molecule has 0 atom stereocenters. The van der Waals surface area contributed by atoms with E-state index in [2.05, 4.69) is 0 Å². The summed E-state index contributed by atoms with van der Waals surface area (Å²) in [6, 6.07) is 6.53. The third-order valence-electron chi connectivity index (χ3n) is 2.55. The summed E-state index contributed by atoms with van der Waals surface area (Å²) in [4.78, 5) is 13.5. The van der Waals surface area contributed by atoms with Crippen LogP contribution in [0.1, 0.15) is 13.8 Å². The number of methoxy groups -OCH3 is 1. The molecule has 0 spiro atoms. The van der Waals surface area contributed by atoms with Crippen molar-refractivity contribution in [3.05, 3.63) is 24.3 Å². The van der Waals surface area contributed by atoms with Gasteiger partial charge in [0.25, 0.3) is 5.91 Å². The van der Waals surface area contributed by atoms with Crippen molar-refractivity contribution in [1.29, 1.82) is 0 Å². The number of hydrogen-bond acceptors (Lipinski definition) is 3. The number of rotatable bonds is 3. The molecule has 0 aromatic heterocycles. The van der Waals surface area contributed by atoms with E-state index in [1.54, 1.807) is 39.1 Å². The Kier molecular flexibility index (Phi) is 3.55. The molecule has 0 radical (unpaired) electrons. The molecule has 0 aliphatic rings. The van der Waals surface area contributed by atoms with Crippen LogP contribution in [0.3, 0.4) is 0 Å². The molecule has 1 aromatic carbocycles. The number of phenolic OH excluding ortho intramolecular Hbond substituents is 1. The van der Waals surface area contributed by atoms with Crippen LogP contribution in [0, 0.1) is 0 Å². The maximum atomic E-state index is 12.0. The zero-order valence-electron chi connectivity index (χ0n) is 10.0. The summed E-state index contributed by atoms with van der Waals surface area (Å²) in [6.45, 7) is 3.41. The highest BCUT2D eigenvalue weighted by Gasteiger charge is 2.30. The monoisotopic (exact) mass is 223 g/mol. The van der Waals surface area contributed by atoms with Crippen molar-refractivity contribution < 1.29 is 14.6 Å². The molecule has 0 bridgehead atoms. The molecule has 1 aromatic rings. The van der Waals surface area contributed by atoms with E-state index in [4.69, 9.17) is 4.74 Å². The number of benzene rings is 1. The minimum Gasteiger partial charge on any atom is -0.508 e. The molecule has 4 nitrogen and oxygen atoms in total. The van der Waals surface area contributed by atoms with Gasteiger partial charge in [-0.25, -0.2) is 0 Å². The second kappa shape index (κ2) is 4.53. The van der Waals surface area contributed by atoms with E-state index in [1.807, 2.05) is 0 Å². The molecule has 1 rings (SSSR count). The van der Waals surface area contributed by atoms with Crippen molar-refractivity contribution in [2.75, 3.05) is 19.1 Å². The minimum atomic E-state index is -0.875. The SMILES string of the molecule is COC(C)(C)C(=O)N(C)c1cccc(O)c1. The molecular weight excluding hydrogens is 206 g/mol. The quantitative estimate of drug-likeness (QED) is 0.849. The van der Waals surface area contributed by atoms with Crippen molar-refractivity contribution >= 4 is 11.6 Å². The summed E-state index contributed by atoms with van der Waals surface area (Å²) in [7, 11) is 3.14. The van der Waals surface area contributed by atoms with Crippen molar-refractivity contribution in [2.24, 2.45) is 0 Å². The number of carbonyl (C=O) groups excluding carboxylic acids is 1. The lowest BCUT2D eigenvalue weighted by Crippen LogP contribution is -2.44. The Hall–Kier alpha value is -1.55. The number of aromatic hydroxyl groups is 1. The molecule has 0 saturated heterocycles. The van der Waals surface area contributed by atoms with Crippen LogP contribution in [0.5, 0.6) is 5.75 Å². The molecule has 0 aliphatic carbocycles. The zero-order valence-corrected chi connectivity index (χ0v) is 10.0. The first-order valence-electron chi connectivity index (χ1n) is 5.01. The van der Waals surface area contributed by atoms with Crippen molar-refractivity contribution in [1.82, 2.24) is 0 Å². The van der Waals surface area contributed by atoms with Gasteiger partial charge in [-0.2, -0.15) is 0 Å². The lowest BCUT2D eigenvalue weighted by Gasteiger charge is -2.28. The largest absolute Gasteiger partial charge is 0.508 e. The Morgan fingerprint density at radius 3 is 2.56 bits per heavy atom. The molecule has 0 fully saturated rings. The smallest absolute Gasteiger partial charge is 0.258 e. The van der Waals surface area contributed by atoms with Gasteiger partial charge in [-0.05, 0) is 26.0 Å². The third-order valence-corrected chi connectivity index (χ3v) is 2.55. The molecule has 0 saturated carbocycles. The van der Waals surface area contributed by atoms with E-state index < -0.39 is 5.60 Å². The summed E-state index contributed by atoms with van der Waals surface area (Å²) in [5.74, 6) is -0.0343. The van der Waals surface area contributed by atoms with E-state index in [0.29, 0.717) is 5.69 Å². The van der Waals surface area contributed by atoms with Gasteiger partial charge in [-0.15, -0.1) is 0 Å². The first-order valence-corrected chi connectivity index (χ1v) is 5.01. The number of phenols is 1. The Bertz CT molecular complexity index is 388. The van der Waals surface area contributed by atoms with Gasteiger partial charge in [-0.3, -0.25) is 4.79 Å².